The molecule has 0 unspecified atom stereocenters. The first kappa shape index (κ1) is 26.0. The number of hydrogen-bond acceptors (Lipinski definition) is 4. The van der Waals surface area contributed by atoms with Crippen LogP contribution in [0.2, 0.25) is 0 Å². The molecule has 0 fully saturated rings. The molecule has 44 heavy (non-hydrogen) atoms. The lowest BCUT2D eigenvalue weighted by molar-refractivity contribution is 0.415. The summed E-state index contributed by atoms with van der Waals surface area (Å²) in [5.41, 5.74) is 10.9. The first-order chi connectivity index (χ1) is 21.6. The number of rotatable bonds is 5. The molecule has 0 atom stereocenters. The topological polar surface area (TPSA) is 54.1 Å². The SMILES string of the molecule is COc1ccc2c(c1)c1cc(C)ccc1n2-c1ccncc1-c1cnccc1-n1c2ccc(C)cc2c2cc(OC)ccc21. The Hall–Kier alpha value is -5.62. The molecule has 0 amide bonds. The third kappa shape index (κ3) is 3.88. The molecule has 0 aliphatic heterocycles. The molecule has 4 aromatic heterocycles. The molecular formula is C38H30N4O2. The van der Waals surface area contributed by atoms with E-state index in [0.717, 1.165) is 66.8 Å². The number of ether oxygens (including phenoxy) is 2. The van der Waals surface area contributed by atoms with Crippen LogP contribution in [0.25, 0.3) is 66.1 Å². The number of hydrogen-bond donors (Lipinski definition) is 0. The van der Waals surface area contributed by atoms with E-state index in [-0.39, 0.29) is 0 Å². The zero-order valence-corrected chi connectivity index (χ0v) is 25.0. The van der Waals surface area contributed by atoms with Crippen molar-refractivity contribution < 1.29 is 9.47 Å². The summed E-state index contributed by atoms with van der Waals surface area (Å²) < 4.78 is 15.9. The molecule has 0 aliphatic carbocycles. The van der Waals surface area contributed by atoms with E-state index in [0.29, 0.717) is 0 Å². The van der Waals surface area contributed by atoms with Crippen LogP contribution in [-0.2, 0) is 0 Å². The smallest absolute Gasteiger partial charge is 0.119 e. The molecule has 214 valence electrons. The van der Waals surface area contributed by atoms with Crippen molar-refractivity contribution in [1.82, 2.24) is 19.1 Å². The lowest BCUT2D eigenvalue weighted by Gasteiger charge is -2.17. The Balaban J connectivity index is 1.44. The minimum atomic E-state index is 0.834. The van der Waals surface area contributed by atoms with Gasteiger partial charge in [0.2, 0.25) is 0 Å². The van der Waals surface area contributed by atoms with Crippen LogP contribution in [0.15, 0.2) is 110 Å². The molecule has 6 heteroatoms. The van der Waals surface area contributed by atoms with E-state index in [1.807, 2.05) is 36.9 Å². The molecule has 4 heterocycles. The standard InChI is InChI=1S/C38H30N4O2/c1-23-5-9-33-27(17-23)29-19-25(43-3)7-11-35(29)41(33)37-13-15-39-21-31(37)32-22-40-16-14-38(32)42-34-10-6-24(2)18-28(34)30-20-26(44-4)8-12-36(30)42/h5-22H,1-4H3. The fourth-order valence-corrected chi connectivity index (χ4v) is 6.58. The Morgan fingerprint density at radius 3 is 1.27 bits per heavy atom. The van der Waals surface area contributed by atoms with Crippen molar-refractivity contribution in [3.8, 4) is 34.0 Å². The van der Waals surface area contributed by atoms with Gasteiger partial charge in [-0.2, -0.15) is 0 Å². The van der Waals surface area contributed by atoms with Gasteiger partial charge in [0.05, 0.1) is 47.7 Å². The molecule has 6 nitrogen and oxygen atoms in total. The second-order valence-corrected chi connectivity index (χ2v) is 11.3. The Labute approximate surface area is 254 Å². The summed E-state index contributed by atoms with van der Waals surface area (Å²) in [7, 11) is 3.42. The zero-order chi connectivity index (χ0) is 29.9. The van der Waals surface area contributed by atoms with Crippen molar-refractivity contribution in [3.63, 3.8) is 0 Å². The van der Waals surface area contributed by atoms with Gasteiger partial charge in [0.25, 0.3) is 0 Å². The Bertz CT molecular complexity index is 2230. The molecule has 0 bridgehead atoms. The number of fused-ring (bicyclic) bond motifs is 6. The van der Waals surface area contributed by atoms with Gasteiger partial charge >= 0.3 is 0 Å². The average molecular weight is 575 g/mol. The van der Waals surface area contributed by atoms with E-state index in [1.165, 1.54) is 21.9 Å². The van der Waals surface area contributed by atoms with Gasteiger partial charge < -0.3 is 18.6 Å². The van der Waals surface area contributed by atoms with Crippen LogP contribution in [-0.4, -0.2) is 33.3 Å². The fourth-order valence-electron chi connectivity index (χ4n) is 6.58. The molecule has 0 saturated carbocycles. The van der Waals surface area contributed by atoms with E-state index in [9.17, 15) is 0 Å². The molecule has 0 saturated heterocycles. The second-order valence-electron chi connectivity index (χ2n) is 11.3. The van der Waals surface area contributed by atoms with Gasteiger partial charge in [-0.1, -0.05) is 23.3 Å². The molecule has 0 radical (unpaired) electrons. The number of aryl methyl sites for hydroxylation is 2. The maximum Gasteiger partial charge on any atom is 0.119 e. The van der Waals surface area contributed by atoms with Crippen molar-refractivity contribution in [2.75, 3.05) is 14.2 Å². The Morgan fingerprint density at radius 2 is 0.864 bits per heavy atom. The first-order valence-corrected chi connectivity index (χ1v) is 14.6. The molecule has 8 rings (SSSR count). The number of methoxy groups -OCH3 is 2. The van der Waals surface area contributed by atoms with Crippen LogP contribution in [0.3, 0.4) is 0 Å². The van der Waals surface area contributed by atoms with Crippen LogP contribution >= 0.6 is 0 Å². The summed E-state index contributed by atoms with van der Waals surface area (Å²) in [5, 5.41) is 4.65. The number of nitrogens with zero attached hydrogens (tertiary/aromatic N) is 4. The van der Waals surface area contributed by atoms with Crippen molar-refractivity contribution in [3.05, 3.63) is 121 Å². The molecule has 0 aliphatic rings. The van der Waals surface area contributed by atoms with Gasteiger partial charge in [-0.15, -0.1) is 0 Å². The quantitative estimate of drug-likeness (QED) is 0.206. The summed E-state index contributed by atoms with van der Waals surface area (Å²) in [6.07, 6.45) is 7.62. The highest BCUT2D eigenvalue weighted by molar-refractivity contribution is 6.12. The molecule has 8 aromatic rings. The maximum atomic E-state index is 5.62. The fraction of sp³-hybridized carbons (Fsp3) is 0.105. The lowest BCUT2D eigenvalue weighted by Crippen LogP contribution is -2.02. The molecular weight excluding hydrogens is 544 g/mol. The molecule has 0 N–H and O–H groups in total. The summed E-state index contributed by atoms with van der Waals surface area (Å²) in [4.78, 5) is 9.26. The minimum Gasteiger partial charge on any atom is -0.497 e. The van der Waals surface area contributed by atoms with Crippen molar-refractivity contribution >= 4 is 43.6 Å². The van der Waals surface area contributed by atoms with Gasteiger partial charge in [0.1, 0.15) is 11.5 Å². The van der Waals surface area contributed by atoms with Crippen LogP contribution in [0.5, 0.6) is 11.5 Å². The van der Waals surface area contributed by atoms with Crippen LogP contribution in [0, 0.1) is 13.8 Å². The van der Waals surface area contributed by atoms with Gasteiger partial charge in [-0.05, 0) is 86.6 Å². The van der Waals surface area contributed by atoms with Gasteiger partial charge in [-0.25, -0.2) is 0 Å². The third-order valence-corrected chi connectivity index (χ3v) is 8.62. The summed E-state index contributed by atoms with van der Waals surface area (Å²) in [6, 6.07) is 30.0. The van der Waals surface area contributed by atoms with Crippen LogP contribution in [0.1, 0.15) is 11.1 Å². The van der Waals surface area contributed by atoms with E-state index in [2.05, 4.69) is 106 Å². The highest BCUT2D eigenvalue weighted by Gasteiger charge is 2.21. The predicted molar refractivity (Wildman–Crippen MR) is 179 cm³/mol. The predicted octanol–water partition coefficient (Wildman–Crippen LogP) is 8.97. The highest BCUT2D eigenvalue weighted by atomic mass is 16.5. The van der Waals surface area contributed by atoms with Crippen molar-refractivity contribution in [1.29, 1.82) is 0 Å². The normalized spacial score (nSPS) is 11.6. The number of pyridine rings is 2. The number of aromatic nitrogens is 4. The van der Waals surface area contributed by atoms with Crippen LogP contribution in [0.4, 0.5) is 0 Å². The Kier molecular flexibility index (Phi) is 5.91. The monoisotopic (exact) mass is 574 g/mol. The minimum absolute atomic E-state index is 0.834. The summed E-state index contributed by atoms with van der Waals surface area (Å²) >= 11 is 0. The lowest BCUT2D eigenvalue weighted by atomic mass is 10.1. The third-order valence-electron chi connectivity index (χ3n) is 8.62. The van der Waals surface area contributed by atoms with Gasteiger partial charge in [0.15, 0.2) is 0 Å². The van der Waals surface area contributed by atoms with Gasteiger partial charge in [0, 0.05) is 57.5 Å². The largest absolute Gasteiger partial charge is 0.497 e. The van der Waals surface area contributed by atoms with E-state index in [1.54, 1.807) is 14.2 Å². The molecule has 4 aromatic carbocycles. The number of benzene rings is 4. The highest BCUT2D eigenvalue weighted by Crippen LogP contribution is 2.41. The van der Waals surface area contributed by atoms with E-state index < -0.39 is 0 Å². The van der Waals surface area contributed by atoms with E-state index >= 15 is 0 Å². The zero-order valence-electron chi connectivity index (χ0n) is 25.0. The van der Waals surface area contributed by atoms with E-state index in [4.69, 9.17) is 9.47 Å². The van der Waals surface area contributed by atoms with Crippen LogP contribution < -0.4 is 9.47 Å². The van der Waals surface area contributed by atoms with Crippen molar-refractivity contribution in [2.45, 2.75) is 13.8 Å². The Morgan fingerprint density at radius 1 is 0.477 bits per heavy atom. The van der Waals surface area contributed by atoms with Crippen molar-refractivity contribution in [2.24, 2.45) is 0 Å². The van der Waals surface area contributed by atoms with Gasteiger partial charge in [-0.3, -0.25) is 9.97 Å². The second kappa shape index (κ2) is 9.99. The first-order valence-electron chi connectivity index (χ1n) is 14.6. The summed E-state index contributed by atoms with van der Waals surface area (Å²) in [6.45, 7) is 4.26. The average Bonchev–Trinajstić information content (AvgIpc) is 3.55. The maximum absolute atomic E-state index is 5.62. The molecule has 0 spiro atoms. The summed E-state index contributed by atoms with van der Waals surface area (Å²) in [5.74, 6) is 1.67.